The average Bonchev–Trinajstić information content (AvgIpc) is 2.24. The molecule has 0 radical (unpaired) electrons. The Morgan fingerprint density at radius 3 is 2.81 bits per heavy atom. The molecule has 0 aromatic carbocycles. The summed E-state index contributed by atoms with van der Waals surface area (Å²) in [5, 5.41) is 8.68. The van der Waals surface area contributed by atoms with Gasteiger partial charge in [-0.3, -0.25) is 14.2 Å². The molecule has 6 nitrogen and oxygen atoms in total. The molecule has 0 atom stereocenters. The van der Waals surface area contributed by atoms with Gasteiger partial charge in [-0.2, -0.15) is 0 Å². The van der Waals surface area contributed by atoms with Crippen molar-refractivity contribution in [2.45, 2.75) is 32.2 Å². The number of fused-ring (bicyclic) bond motifs is 1. The Morgan fingerprint density at radius 2 is 2.12 bits per heavy atom. The highest BCUT2D eigenvalue weighted by molar-refractivity contribution is 5.67. The van der Waals surface area contributed by atoms with Gasteiger partial charge < -0.3 is 10.8 Å². The summed E-state index contributed by atoms with van der Waals surface area (Å²) < 4.78 is 1.02. The Kier molecular flexibility index (Phi) is 2.64. The van der Waals surface area contributed by atoms with E-state index in [1.807, 2.05) is 0 Å². The first-order valence-corrected chi connectivity index (χ1v) is 5.19. The first kappa shape index (κ1) is 10.7. The maximum Gasteiger partial charge on any atom is 0.323 e. The van der Waals surface area contributed by atoms with Crippen molar-refractivity contribution in [1.29, 1.82) is 0 Å². The SMILES string of the molecule is Nc1nc2c(c(=O)n1CC(=O)O)CCCC2. The molecule has 6 heteroatoms. The summed E-state index contributed by atoms with van der Waals surface area (Å²) in [6, 6.07) is 0. The number of nitrogens with two attached hydrogens (primary N) is 1. The largest absolute Gasteiger partial charge is 0.480 e. The average molecular weight is 223 g/mol. The second-order valence-corrected chi connectivity index (χ2v) is 3.89. The summed E-state index contributed by atoms with van der Waals surface area (Å²) >= 11 is 0. The van der Waals surface area contributed by atoms with Gasteiger partial charge in [-0.25, -0.2) is 4.98 Å². The predicted molar refractivity (Wildman–Crippen MR) is 57.2 cm³/mol. The first-order chi connectivity index (χ1) is 7.59. The number of aromatic nitrogens is 2. The Labute approximate surface area is 91.7 Å². The number of nitrogen functional groups attached to an aromatic ring is 1. The molecule has 0 spiro atoms. The number of hydrogen-bond acceptors (Lipinski definition) is 4. The summed E-state index contributed by atoms with van der Waals surface area (Å²) in [4.78, 5) is 26.7. The van der Waals surface area contributed by atoms with Crippen LogP contribution in [0.1, 0.15) is 24.1 Å². The summed E-state index contributed by atoms with van der Waals surface area (Å²) in [5.41, 5.74) is 6.64. The van der Waals surface area contributed by atoms with Crippen LogP contribution < -0.4 is 11.3 Å². The molecule has 0 aliphatic heterocycles. The second-order valence-electron chi connectivity index (χ2n) is 3.89. The molecule has 0 fully saturated rings. The maximum absolute atomic E-state index is 11.9. The van der Waals surface area contributed by atoms with Crippen LogP contribution in [0.3, 0.4) is 0 Å². The quantitative estimate of drug-likeness (QED) is 0.722. The molecule has 1 aliphatic carbocycles. The molecule has 1 heterocycles. The van der Waals surface area contributed by atoms with Crippen molar-refractivity contribution >= 4 is 11.9 Å². The Hall–Kier alpha value is -1.85. The van der Waals surface area contributed by atoms with Crippen LogP contribution in [0.5, 0.6) is 0 Å². The van der Waals surface area contributed by atoms with Crippen LogP contribution in [0.4, 0.5) is 5.95 Å². The molecule has 16 heavy (non-hydrogen) atoms. The van der Waals surface area contributed by atoms with Gasteiger partial charge in [0, 0.05) is 5.56 Å². The van der Waals surface area contributed by atoms with E-state index in [-0.39, 0.29) is 11.5 Å². The minimum atomic E-state index is -1.09. The highest BCUT2D eigenvalue weighted by Gasteiger charge is 2.18. The highest BCUT2D eigenvalue weighted by atomic mass is 16.4. The predicted octanol–water partition coefficient (Wildman–Crippen LogP) is -0.211. The number of carboxylic acid groups (broad SMARTS) is 1. The molecule has 1 aromatic rings. The number of carbonyl (C=O) groups is 1. The fraction of sp³-hybridized carbons (Fsp3) is 0.500. The molecular weight excluding hydrogens is 210 g/mol. The third-order valence-electron chi connectivity index (χ3n) is 2.76. The third kappa shape index (κ3) is 1.78. The fourth-order valence-corrected chi connectivity index (χ4v) is 2.00. The molecule has 86 valence electrons. The van der Waals surface area contributed by atoms with E-state index in [0.29, 0.717) is 12.0 Å². The molecule has 0 unspecified atom stereocenters. The summed E-state index contributed by atoms with van der Waals surface area (Å²) in [6.45, 7) is -0.426. The van der Waals surface area contributed by atoms with Gasteiger partial charge in [-0.1, -0.05) is 0 Å². The van der Waals surface area contributed by atoms with E-state index in [4.69, 9.17) is 10.8 Å². The lowest BCUT2D eigenvalue weighted by Crippen LogP contribution is -2.32. The van der Waals surface area contributed by atoms with Crippen LogP contribution in [0.2, 0.25) is 0 Å². The van der Waals surface area contributed by atoms with E-state index in [1.165, 1.54) is 0 Å². The van der Waals surface area contributed by atoms with Crippen molar-refractivity contribution in [2.24, 2.45) is 0 Å². The van der Waals surface area contributed by atoms with Crippen LogP contribution >= 0.6 is 0 Å². The molecule has 0 saturated carbocycles. The van der Waals surface area contributed by atoms with Crippen molar-refractivity contribution in [3.05, 3.63) is 21.6 Å². The van der Waals surface area contributed by atoms with Crippen molar-refractivity contribution in [3.63, 3.8) is 0 Å². The highest BCUT2D eigenvalue weighted by Crippen LogP contribution is 2.16. The van der Waals surface area contributed by atoms with Crippen LogP contribution in [0, 0.1) is 0 Å². The van der Waals surface area contributed by atoms with Crippen molar-refractivity contribution < 1.29 is 9.90 Å². The van der Waals surface area contributed by atoms with E-state index in [0.717, 1.165) is 29.5 Å². The van der Waals surface area contributed by atoms with Gasteiger partial charge >= 0.3 is 5.97 Å². The van der Waals surface area contributed by atoms with E-state index in [1.54, 1.807) is 0 Å². The van der Waals surface area contributed by atoms with Crippen molar-refractivity contribution in [3.8, 4) is 0 Å². The van der Waals surface area contributed by atoms with Crippen molar-refractivity contribution in [1.82, 2.24) is 9.55 Å². The monoisotopic (exact) mass is 223 g/mol. The number of anilines is 1. The van der Waals surface area contributed by atoms with Gasteiger partial charge in [0.1, 0.15) is 6.54 Å². The number of nitrogens with zero attached hydrogens (tertiary/aromatic N) is 2. The van der Waals surface area contributed by atoms with Crippen LogP contribution in [0.15, 0.2) is 4.79 Å². The number of aryl methyl sites for hydroxylation is 1. The second kappa shape index (κ2) is 3.96. The standard InChI is InChI=1S/C10H13N3O3/c11-10-12-7-4-2-1-3-6(7)9(16)13(10)5-8(14)15/h1-5H2,(H2,11,12)(H,14,15). The lowest BCUT2D eigenvalue weighted by Gasteiger charge is -2.16. The molecule has 1 aromatic heterocycles. The number of rotatable bonds is 2. The van der Waals surface area contributed by atoms with Crippen molar-refractivity contribution in [2.75, 3.05) is 5.73 Å². The zero-order valence-electron chi connectivity index (χ0n) is 8.77. The minimum Gasteiger partial charge on any atom is -0.480 e. The lowest BCUT2D eigenvalue weighted by molar-refractivity contribution is -0.137. The van der Waals surface area contributed by atoms with Crippen LogP contribution in [0.25, 0.3) is 0 Å². The number of hydrogen-bond donors (Lipinski definition) is 2. The topological polar surface area (TPSA) is 98.2 Å². The molecule has 3 N–H and O–H groups in total. The van der Waals surface area contributed by atoms with E-state index in [2.05, 4.69) is 4.98 Å². The van der Waals surface area contributed by atoms with Gasteiger partial charge in [-0.15, -0.1) is 0 Å². The zero-order chi connectivity index (χ0) is 11.7. The molecule has 1 aliphatic rings. The van der Waals surface area contributed by atoms with Gasteiger partial charge in [0.2, 0.25) is 5.95 Å². The first-order valence-electron chi connectivity index (χ1n) is 5.19. The molecule has 0 amide bonds. The molecular formula is C10H13N3O3. The Bertz CT molecular complexity index is 493. The minimum absolute atomic E-state index is 0.00644. The van der Waals surface area contributed by atoms with Gasteiger partial charge in [0.15, 0.2) is 0 Å². The van der Waals surface area contributed by atoms with Gasteiger partial charge in [0.25, 0.3) is 5.56 Å². The third-order valence-corrected chi connectivity index (χ3v) is 2.76. The van der Waals surface area contributed by atoms with Gasteiger partial charge in [0.05, 0.1) is 5.69 Å². The number of aliphatic carboxylic acids is 1. The van der Waals surface area contributed by atoms with Crippen LogP contribution in [-0.2, 0) is 24.2 Å². The molecule has 0 bridgehead atoms. The zero-order valence-corrected chi connectivity index (χ0v) is 8.77. The van der Waals surface area contributed by atoms with E-state index < -0.39 is 12.5 Å². The Balaban J connectivity index is 2.54. The van der Waals surface area contributed by atoms with E-state index >= 15 is 0 Å². The fourth-order valence-electron chi connectivity index (χ4n) is 2.00. The van der Waals surface area contributed by atoms with Crippen LogP contribution in [-0.4, -0.2) is 20.6 Å². The lowest BCUT2D eigenvalue weighted by atomic mass is 9.97. The van der Waals surface area contributed by atoms with E-state index in [9.17, 15) is 9.59 Å². The summed E-state index contributed by atoms with van der Waals surface area (Å²) in [6.07, 6.45) is 3.37. The summed E-state index contributed by atoms with van der Waals surface area (Å²) in [5.74, 6) is -1.10. The Morgan fingerprint density at radius 1 is 1.44 bits per heavy atom. The normalized spacial score (nSPS) is 14.5. The summed E-state index contributed by atoms with van der Waals surface area (Å²) in [7, 11) is 0. The smallest absolute Gasteiger partial charge is 0.323 e. The maximum atomic E-state index is 11.9. The van der Waals surface area contributed by atoms with Gasteiger partial charge in [-0.05, 0) is 25.7 Å². The molecule has 2 rings (SSSR count). The number of carboxylic acids is 1. The molecule has 0 saturated heterocycles.